The van der Waals surface area contributed by atoms with Crippen LogP contribution in [-0.4, -0.2) is 22.0 Å². The third-order valence-electron chi connectivity index (χ3n) is 5.08. The van der Waals surface area contributed by atoms with Gasteiger partial charge in [-0.25, -0.2) is 4.98 Å². The molecule has 0 aliphatic heterocycles. The lowest BCUT2D eigenvalue weighted by Crippen LogP contribution is -2.37. The van der Waals surface area contributed by atoms with Gasteiger partial charge in [0.1, 0.15) is 11.4 Å². The van der Waals surface area contributed by atoms with Crippen molar-refractivity contribution in [3.63, 3.8) is 0 Å². The predicted octanol–water partition coefficient (Wildman–Crippen LogP) is 4.38. The van der Waals surface area contributed by atoms with Gasteiger partial charge in [0.2, 0.25) is 5.91 Å². The van der Waals surface area contributed by atoms with E-state index in [0.29, 0.717) is 15.9 Å². The van der Waals surface area contributed by atoms with E-state index < -0.39 is 0 Å². The molecule has 0 unspecified atom stereocenters. The number of nitriles is 1. The number of aryl methyl sites for hydroxylation is 1. The number of carbonyl (C=O) groups is 1. The van der Waals surface area contributed by atoms with Gasteiger partial charge in [-0.2, -0.15) is 5.26 Å². The second kappa shape index (κ2) is 8.94. The number of carbonyl (C=O) groups excluding carboxylic acids is 1. The normalized spacial score (nSPS) is 10.7. The van der Waals surface area contributed by atoms with Crippen LogP contribution in [-0.2, 0) is 11.3 Å². The van der Waals surface area contributed by atoms with E-state index in [-0.39, 0.29) is 31.0 Å². The summed E-state index contributed by atoms with van der Waals surface area (Å²) in [6.45, 7) is 2.04. The summed E-state index contributed by atoms with van der Waals surface area (Å²) in [6.07, 6.45) is 1.64. The number of thiophene rings is 1. The minimum atomic E-state index is -0.263. The summed E-state index contributed by atoms with van der Waals surface area (Å²) < 4.78 is 1.35. The number of amides is 1. The standard InChI is InChI=1S/C24H20N4O2S/c1-17-21-23(31-22(17)18-9-4-2-5-10-18)26-16-27(24(21)30)15-20(29)28(14-8-13-25)19-11-6-3-7-12-19/h2-7,9-12,16H,8,14-15H2,1H3. The molecule has 7 heteroatoms. The van der Waals surface area contributed by atoms with E-state index >= 15 is 0 Å². The van der Waals surface area contributed by atoms with E-state index in [9.17, 15) is 9.59 Å². The summed E-state index contributed by atoms with van der Waals surface area (Å²) in [4.78, 5) is 33.9. The van der Waals surface area contributed by atoms with Gasteiger partial charge in [0.15, 0.2) is 0 Å². The van der Waals surface area contributed by atoms with Crippen LogP contribution >= 0.6 is 11.3 Å². The fourth-order valence-electron chi connectivity index (χ4n) is 3.54. The molecule has 0 radical (unpaired) electrons. The van der Waals surface area contributed by atoms with E-state index in [2.05, 4.69) is 11.1 Å². The van der Waals surface area contributed by atoms with Gasteiger partial charge in [0, 0.05) is 17.1 Å². The van der Waals surface area contributed by atoms with Gasteiger partial charge >= 0.3 is 0 Å². The number of nitrogens with zero attached hydrogens (tertiary/aromatic N) is 4. The number of aromatic nitrogens is 2. The Morgan fingerprint density at radius 2 is 1.81 bits per heavy atom. The smallest absolute Gasteiger partial charge is 0.262 e. The molecule has 0 fully saturated rings. The highest BCUT2D eigenvalue weighted by Gasteiger charge is 2.19. The first-order valence-corrected chi connectivity index (χ1v) is 10.7. The van der Waals surface area contributed by atoms with Crippen LogP contribution in [0.4, 0.5) is 5.69 Å². The highest BCUT2D eigenvalue weighted by atomic mass is 32.1. The second-order valence-electron chi connectivity index (χ2n) is 7.07. The third kappa shape index (κ3) is 4.11. The number of benzene rings is 2. The van der Waals surface area contributed by atoms with Gasteiger partial charge in [-0.05, 0) is 30.2 Å². The molecular formula is C24H20N4O2S. The molecule has 0 bridgehead atoms. The summed E-state index contributed by atoms with van der Waals surface area (Å²) in [6, 6.07) is 21.1. The quantitative estimate of drug-likeness (QED) is 0.457. The molecule has 154 valence electrons. The van der Waals surface area contributed by atoms with Gasteiger partial charge in [0.05, 0.1) is 24.2 Å². The average molecular weight is 429 g/mol. The fourth-order valence-corrected chi connectivity index (χ4v) is 4.68. The summed E-state index contributed by atoms with van der Waals surface area (Å²) >= 11 is 1.48. The lowest BCUT2D eigenvalue weighted by Gasteiger charge is -2.22. The molecule has 0 atom stereocenters. The SMILES string of the molecule is Cc1c(-c2ccccc2)sc2ncn(CC(=O)N(CCC#N)c3ccccc3)c(=O)c12. The van der Waals surface area contributed by atoms with Gasteiger partial charge in [-0.3, -0.25) is 14.2 Å². The Morgan fingerprint density at radius 1 is 1.13 bits per heavy atom. The molecule has 4 rings (SSSR count). The summed E-state index contributed by atoms with van der Waals surface area (Å²) in [5.74, 6) is -0.263. The van der Waals surface area contributed by atoms with E-state index in [0.717, 1.165) is 16.0 Å². The van der Waals surface area contributed by atoms with Crippen molar-refractivity contribution in [2.75, 3.05) is 11.4 Å². The maximum Gasteiger partial charge on any atom is 0.262 e. The largest absolute Gasteiger partial charge is 0.310 e. The maximum absolute atomic E-state index is 13.2. The van der Waals surface area contributed by atoms with Crippen molar-refractivity contribution in [3.05, 3.63) is 82.9 Å². The summed E-state index contributed by atoms with van der Waals surface area (Å²) in [5, 5.41) is 9.51. The van der Waals surface area contributed by atoms with Crippen molar-refractivity contribution in [1.29, 1.82) is 5.26 Å². The van der Waals surface area contributed by atoms with Crippen molar-refractivity contribution in [3.8, 4) is 16.5 Å². The van der Waals surface area contributed by atoms with Crippen LogP contribution in [0.15, 0.2) is 71.8 Å². The lowest BCUT2D eigenvalue weighted by molar-refractivity contribution is -0.119. The number of hydrogen-bond acceptors (Lipinski definition) is 5. The van der Waals surface area contributed by atoms with E-state index in [1.54, 1.807) is 0 Å². The Bertz CT molecular complexity index is 1320. The molecule has 0 aliphatic rings. The monoisotopic (exact) mass is 428 g/mol. The summed E-state index contributed by atoms with van der Waals surface area (Å²) in [7, 11) is 0. The van der Waals surface area contributed by atoms with Crippen LogP contribution in [0.3, 0.4) is 0 Å². The number of fused-ring (bicyclic) bond motifs is 1. The van der Waals surface area contributed by atoms with Gasteiger partial charge in [0.25, 0.3) is 5.56 Å². The molecule has 31 heavy (non-hydrogen) atoms. The average Bonchev–Trinajstić information content (AvgIpc) is 3.14. The number of para-hydroxylation sites is 1. The Morgan fingerprint density at radius 3 is 2.48 bits per heavy atom. The molecule has 1 amide bonds. The molecular weight excluding hydrogens is 408 g/mol. The lowest BCUT2D eigenvalue weighted by atomic mass is 10.1. The first kappa shape index (κ1) is 20.5. The van der Waals surface area contributed by atoms with Crippen LogP contribution in [0.1, 0.15) is 12.0 Å². The van der Waals surface area contributed by atoms with Crippen molar-refractivity contribution >= 4 is 33.1 Å². The van der Waals surface area contributed by atoms with E-state index in [4.69, 9.17) is 5.26 Å². The molecule has 2 aromatic carbocycles. The number of hydrogen-bond donors (Lipinski definition) is 0. The highest BCUT2D eigenvalue weighted by molar-refractivity contribution is 7.22. The molecule has 4 aromatic rings. The number of rotatable bonds is 6. The van der Waals surface area contributed by atoms with E-state index in [1.807, 2.05) is 67.6 Å². The Kier molecular flexibility index (Phi) is 5.92. The van der Waals surface area contributed by atoms with Crippen molar-refractivity contribution in [1.82, 2.24) is 9.55 Å². The van der Waals surface area contributed by atoms with Crippen molar-refractivity contribution in [2.24, 2.45) is 0 Å². The maximum atomic E-state index is 13.2. The van der Waals surface area contributed by atoms with Gasteiger partial charge in [-0.1, -0.05) is 48.5 Å². The van der Waals surface area contributed by atoms with Gasteiger partial charge in [-0.15, -0.1) is 11.3 Å². The minimum Gasteiger partial charge on any atom is -0.310 e. The molecule has 0 aliphatic carbocycles. The van der Waals surface area contributed by atoms with E-state index in [1.165, 1.54) is 27.1 Å². The first-order chi connectivity index (χ1) is 15.1. The zero-order valence-electron chi connectivity index (χ0n) is 17.0. The zero-order valence-corrected chi connectivity index (χ0v) is 17.8. The van der Waals surface area contributed by atoms with Crippen LogP contribution in [0.25, 0.3) is 20.7 Å². The topological polar surface area (TPSA) is 79.0 Å². The molecule has 0 spiro atoms. The minimum absolute atomic E-state index is 0.141. The molecule has 0 saturated heterocycles. The molecule has 0 saturated carbocycles. The Labute approximate surface area is 183 Å². The highest BCUT2D eigenvalue weighted by Crippen LogP contribution is 2.35. The van der Waals surface area contributed by atoms with Crippen molar-refractivity contribution in [2.45, 2.75) is 19.9 Å². The van der Waals surface area contributed by atoms with Gasteiger partial charge < -0.3 is 4.90 Å². The second-order valence-corrected chi connectivity index (χ2v) is 8.07. The Balaban J connectivity index is 1.69. The third-order valence-corrected chi connectivity index (χ3v) is 6.32. The van der Waals surface area contributed by atoms with Crippen LogP contribution in [0.5, 0.6) is 0 Å². The van der Waals surface area contributed by atoms with Crippen LogP contribution in [0, 0.1) is 18.3 Å². The number of anilines is 1. The zero-order chi connectivity index (χ0) is 21.8. The molecule has 0 N–H and O–H groups in total. The van der Waals surface area contributed by atoms with Crippen molar-refractivity contribution < 1.29 is 4.79 Å². The molecule has 6 nitrogen and oxygen atoms in total. The molecule has 2 aromatic heterocycles. The Hall–Kier alpha value is -3.76. The fraction of sp³-hybridized carbons (Fsp3) is 0.167. The van der Waals surface area contributed by atoms with Crippen LogP contribution in [0.2, 0.25) is 0 Å². The predicted molar refractivity (Wildman–Crippen MR) is 123 cm³/mol. The first-order valence-electron chi connectivity index (χ1n) is 9.86. The summed E-state index contributed by atoms with van der Waals surface area (Å²) in [5.41, 5.74) is 2.37. The molecule has 2 heterocycles. The van der Waals surface area contributed by atoms with Crippen LogP contribution < -0.4 is 10.5 Å².